The number of hydrogen-bond donors (Lipinski definition) is 2. The number of aromatic nitrogens is 3. The molecule has 1 amide bonds. The zero-order valence-electron chi connectivity index (χ0n) is 10.5. The fourth-order valence-corrected chi connectivity index (χ4v) is 1.75. The van der Waals surface area contributed by atoms with Crippen molar-refractivity contribution < 1.29 is 9.21 Å². The Kier molecular flexibility index (Phi) is 3.28. The average Bonchev–Trinajstić information content (AvgIpc) is 3.17. The Morgan fingerprint density at radius 2 is 2.00 bits per heavy atom. The topological polar surface area (TPSA) is 83.8 Å². The zero-order valence-corrected chi connectivity index (χ0v) is 10.5. The molecule has 6 heteroatoms. The van der Waals surface area contributed by atoms with E-state index in [0.29, 0.717) is 17.5 Å². The maximum atomic E-state index is 11.7. The highest BCUT2D eigenvalue weighted by Crippen LogP contribution is 2.16. The van der Waals surface area contributed by atoms with E-state index in [1.165, 1.54) is 0 Å². The lowest BCUT2D eigenvalue weighted by Gasteiger charge is -1.99. The van der Waals surface area contributed by atoms with E-state index in [1.807, 2.05) is 30.3 Å². The second-order valence-corrected chi connectivity index (χ2v) is 4.13. The molecular weight excluding hydrogens is 256 g/mol. The highest BCUT2D eigenvalue weighted by Gasteiger charge is 2.10. The zero-order chi connectivity index (χ0) is 13.8. The van der Waals surface area contributed by atoms with Gasteiger partial charge in [0.25, 0.3) is 5.91 Å². The first kappa shape index (κ1) is 12.2. The van der Waals surface area contributed by atoms with Gasteiger partial charge in [-0.15, -0.1) is 10.2 Å². The number of rotatable bonds is 4. The molecule has 0 radical (unpaired) electrons. The van der Waals surface area contributed by atoms with Crippen LogP contribution in [0.25, 0.3) is 11.5 Å². The van der Waals surface area contributed by atoms with Gasteiger partial charge in [-0.2, -0.15) is 0 Å². The molecule has 0 saturated heterocycles. The summed E-state index contributed by atoms with van der Waals surface area (Å²) in [5, 5.41) is 10.6. The number of amides is 1. The van der Waals surface area contributed by atoms with Gasteiger partial charge in [-0.25, -0.2) is 0 Å². The molecular formula is C14H12N4O2. The molecule has 0 atom stereocenters. The maximum absolute atomic E-state index is 11.7. The van der Waals surface area contributed by atoms with E-state index < -0.39 is 0 Å². The van der Waals surface area contributed by atoms with Gasteiger partial charge >= 0.3 is 0 Å². The molecule has 0 spiro atoms. The van der Waals surface area contributed by atoms with Crippen LogP contribution in [0.3, 0.4) is 0 Å². The summed E-state index contributed by atoms with van der Waals surface area (Å²) in [4.78, 5) is 14.5. The van der Waals surface area contributed by atoms with Crippen LogP contribution in [0.2, 0.25) is 0 Å². The quantitative estimate of drug-likeness (QED) is 0.758. The third-order valence-electron chi connectivity index (χ3n) is 2.73. The number of nitrogens with zero attached hydrogens (tertiary/aromatic N) is 2. The molecule has 0 aliphatic heterocycles. The van der Waals surface area contributed by atoms with Crippen LogP contribution in [-0.4, -0.2) is 21.1 Å². The number of carbonyl (C=O) groups excluding carboxylic acids is 1. The van der Waals surface area contributed by atoms with Crippen LogP contribution in [0.1, 0.15) is 16.4 Å². The van der Waals surface area contributed by atoms with Gasteiger partial charge in [0.05, 0.1) is 6.54 Å². The number of benzene rings is 1. The van der Waals surface area contributed by atoms with Gasteiger partial charge in [0.2, 0.25) is 11.8 Å². The maximum Gasteiger partial charge on any atom is 0.268 e. The van der Waals surface area contributed by atoms with E-state index in [0.717, 1.165) is 5.56 Å². The third-order valence-corrected chi connectivity index (χ3v) is 2.73. The van der Waals surface area contributed by atoms with Gasteiger partial charge in [-0.05, 0) is 24.3 Å². The first-order valence-electron chi connectivity index (χ1n) is 6.12. The predicted molar refractivity (Wildman–Crippen MR) is 71.7 cm³/mol. The highest BCUT2D eigenvalue weighted by molar-refractivity contribution is 5.92. The molecule has 3 aromatic rings. The van der Waals surface area contributed by atoms with Gasteiger partial charge in [-0.1, -0.05) is 18.2 Å². The molecule has 3 rings (SSSR count). The number of nitrogens with one attached hydrogen (secondary N) is 2. The van der Waals surface area contributed by atoms with Gasteiger partial charge in [-0.3, -0.25) is 4.79 Å². The van der Waals surface area contributed by atoms with Crippen LogP contribution in [0.4, 0.5) is 0 Å². The number of aromatic amines is 1. The summed E-state index contributed by atoms with van der Waals surface area (Å²) in [6, 6.07) is 12.9. The lowest BCUT2D eigenvalue weighted by Crippen LogP contribution is -2.23. The van der Waals surface area contributed by atoms with Crippen LogP contribution in [0.5, 0.6) is 0 Å². The van der Waals surface area contributed by atoms with Crippen molar-refractivity contribution in [1.82, 2.24) is 20.5 Å². The Morgan fingerprint density at radius 1 is 1.15 bits per heavy atom. The number of H-pyrrole nitrogens is 1. The normalized spacial score (nSPS) is 10.4. The first-order valence-corrected chi connectivity index (χ1v) is 6.12. The molecule has 2 aromatic heterocycles. The van der Waals surface area contributed by atoms with Crippen LogP contribution < -0.4 is 5.32 Å². The van der Waals surface area contributed by atoms with E-state index >= 15 is 0 Å². The van der Waals surface area contributed by atoms with Crippen molar-refractivity contribution in [1.29, 1.82) is 0 Å². The summed E-state index contributed by atoms with van der Waals surface area (Å²) >= 11 is 0. The predicted octanol–water partition coefficient (Wildman–Crippen LogP) is 1.99. The molecule has 100 valence electrons. The van der Waals surface area contributed by atoms with Crippen LogP contribution in [0, 0.1) is 0 Å². The molecule has 0 fully saturated rings. The van der Waals surface area contributed by atoms with E-state index in [1.54, 1.807) is 18.3 Å². The summed E-state index contributed by atoms with van der Waals surface area (Å²) in [5.41, 5.74) is 1.34. The molecule has 0 bridgehead atoms. The minimum absolute atomic E-state index is 0.192. The van der Waals surface area contributed by atoms with E-state index in [9.17, 15) is 4.79 Å². The van der Waals surface area contributed by atoms with Crippen molar-refractivity contribution in [2.75, 3.05) is 0 Å². The third kappa shape index (κ3) is 2.59. The van der Waals surface area contributed by atoms with Gasteiger partial charge < -0.3 is 14.7 Å². The Balaban J connectivity index is 1.65. The van der Waals surface area contributed by atoms with Gasteiger partial charge in [0, 0.05) is 11.8 Å². The smallest absolute Gasteiger partial charge is 0.268 e. The van der Waals surface area contributed by atoms with Crippen LogP contribution in [0.15, 0.2) is 53.1 Å². The Hall–Kier alpha value is -2.89. The first-order chi connectivity index (χ1) is 9.83. The van der Waals surface area contributed by atoms with E-state index in [4.69, 9.17) is 4.42 Å². The van der Waals surface area contributed by atoms with Crippen molar-refractivity contribution in [2.45, 2.75) is 6.54 Å². The summed E-state index contributed by atoms with van der Waals surface area (Å²) in [6.07, 6.45) is 1.69. The molecule has 20 heavy (non-hydrogen) atoms. The lowest BCUT2D eigenvalue weighted by molar-refractivity contribution is 0.0943. The standard InChI is InChI=1S/C14H12N4O2/c19-13(11-7-4-8-15-11)16-9-12-17-18-14(20-12)10-5-2-1-3-6-10/h1-8,15H,9H2,(H,16,19). The Bertz CT molecular complexity index is 689. The van der Waals surface area contributed by atoms with Crippen molar-refractivity contribution >= 4 is 5.91 Å². The van der Waals surface area contributed by atoms with Crippen molar-refractivity contribution in [3.8, 4) is 11.5 Å². The van der Waals surface area contributed by atoms with Crippen molar-refractivity contribution in [2.24, 2.45) is 0 Å². The summed E-state index contributed by atoms with van der Waals surface area (Å²) in [6.45, 7) is 0.192. The molecule has 2 heterocycles. The van der Waals surface area contributed by atoms with Gasteiger partial charge in [0.15, 0.2) is 0 Å². The average molecular weight is 268 g/mol. The number of hydrogen-bond acceptors (Lipinski definition) is 4. The fraction of sp³-hybridized carbons (Fsp3) is 0.0714. The fourth-order valence-electron chi connectivity index (χ4n) is 1.75. The summed E-state index contributed by atoms with van der Waals surface area (Å²) in [5.74, 6) is 0.591. The van der Waals surface area contributed by atoms with Crippen LogP contribution >= 0.6 is 0 Å². The number of carbonyl (C=O) groups is 1. The summed E-state index contributed by atoms with van der Waals surface area (Å²) < 4.78 is 5.49. The second-order valence-electron chi connectivity index (χ2n) is 4.13. The van der Waals surface area contributed by atoms with E-state index in [2.05, 4.69) is 20.5 Å². The van der Waals surface area contributed by atoms with Crippen molar-refractivity contribution in [3.05, 3.63) is 60.2 Å². The minimum atomic E-state index is -0.213. The highest BCUT2D eigenvalue weighted by atomic mass is 16.4. The SMILES string of the molecule is O=C(NCc1nnc(-c2ccccc2)o1)c1ccc[nH]1. The largest absolute Gasteiger partial charge is 0.419 e. The van der Waals surface area contributed by atoms with Crippen LogP contribution in [-0.2, 0) is 6.54 Å². The lowest BCUT2D eigenvalue weighted by atomic mass is 10.2. The molecule has 2 N–H and O–H groups in total. The second kappa shape index (κ2) is 5.40. The van der Waals surface area contributed by atoms with Gasteiger partial charge in [0.1, 0.15) is 5.69 Å². The molecule has 0 unspecified atom stereocenters. The molecule has 0 aliphatic rings. The minimum Gasteiger partial charge on any atom is -0.419 e. The Morgan fingerprint density at radius 3 is 2.75 bits per heavy atom. The van der Waals surface area contributed by atoms with E-state index in [-0.39, 0.29) is 12.5 Å². The molecule has 6 nitrogen and oxygen atoms in total. The Labute approximate surface area is 114 Å². The molecule has 0 saturated carbocycles. The van der Waals surface area contributed by atoms with Crippen molar-refractivity contribution in [3.63, 3.8) is 0 Å². The molecule has 0 aliphatic carbocycles. The molecule has 1 aromatic carbocycles. The monoisotopic (exact) mass is 268 g/mol. The summed E-state index contributed by atoms with van der Waals surface area (Å²) in [7, 11) is 0.